The summed E-state index contributed by atoms with van der Waals surface area (Å²) in [5.74, 6) is 1.83. The van der Waals surface area contributed by atoms with Crippen LogP contribution in [0.5, 0.6) is 0 Å². The van der Waals surface area contributed by atoms with Crippen LogP contribution in [0.4, 0.5) is 5.95 Å². The van der Waals surface area contributed by atoms with Gasteiger partial charge in [0.25, 0.3) is 0 Å². The molecule has 2 saturated heterocycles. The molecule has 3 aromatic heterocycles. The molecule has 188 valence electrons. The number of nitrogens with zero attached hydrogens (tertiary/aromatic N) is 6. The van der Waals surface area contributed by atoms with E-state index in [9.17, 15) is 5.11 Å². The highest BCUT2D eigenvalue weighted by atomic mass is 16.7. The van der Waals surface area contributed by atoms with E-state index in [0.29, 0.717) is 13.0 Å². The van der Waals surface area contributed by atoms with Gasteiger partial charge >= 0.3 is 0 Å². The second-order valence-electron chi connectivity index (χ2n) is 10.1. The first kappa shape index (κ1) is 24.1. The summed E-state index contributed by atoms with van der Waals surface area (Å²) in [5.41, 5.74) is 3.79. The quantitative estimate of drug-likeness (QED) is 0.547. The molecule has 3 atom stereocenters. The van der Waals surface area contributed by atoms with Crippen LogP contribution in [-0.4, -0.2) is 61.7 Å². The van der Waals surface area contributed by atoms with Gasteiger partial charge in [0, 0.05) is 44.0 Å². The Morgan fingerprint density at radius 2 is 2.06 bits per heavy atom. The van der Waals surface area contributed by atoms with Gasteiger partial charge in [0.15, 0.2) is 6.29 Å². The molecular weight excluding hydrogens is 444 g/mol. The third-order valence-electron chi connectivity index (χ3n) is 6.96. The molecule has 2 aliphatic rings. The molecule has 9 heteroatoms. The Bertz CT molecular complexity index is 1140. The lowest BCUT2D eigenvalue weighted by molar-refractivity contribution is -0.170. The molecule has 0 bridgehead atoms. The van der Waals surface area contributed by atoms with Crippen LogP contribution in [-0.2, 0) is 22.5 Å². The summed E-state index contributed by atoms with van der Waals surface area (Å²) < 4.78 is 14.0. The van der Waals surface area contributed by atoms with Gasteiger partial charge in [0.2, 0.25) is 5.95 Å². The molecule has 0 saturated carbocycles. The van der Waals surface area contributed by atoms with Crippen molar-refractivity contribution in [1.82, 2.24) is 24.5 Å². The van der Waals surface area contributed by atoms with E-state index < -0.39 is 0 Å². The zero-order chi connectivity index (χ0) is 24.4. The Balaban J connectivity index is 1.34. The van der Waals surface area contributed by atoms with Gasteiger partial charge in [-0.25, -0.2) is 15.0 Å². The number of rotatable bonds is 7. The number of imidazole rings is 1. The summed E-state index contributed by atoms with van der Waals surface area (Å²) in [5, 5.41) is 10.0. The van der Waals surface area contributed by atoms with Gasteiger partial charge in [-0.2, -0.15) is 0 Å². The summed E-state index contributed by atoms with van der Waals surface area (Å²) >= 11 is 0. The fraction of sp³-hybridized carbons (Fsp3) is 0.615. The van der Waals surface area contributed by atoms with Gasteiger partial charge in [0.05, 0.1) is 23.5 Å². The molecule has 0 spiro atoms. The Labute approximate surface area is 206 Å². The minimum Gasteiger partial charge on any atom is -0.393 e. The number of aliphatic hydroxyl groups excluding tert-OH is 1. The summed E-state index contributed by atoms with van der Waals surface area (Å²) in [4.78, 5) is 21.0. The highest BCUT2D eigenvalue weighted by molar-refractivity contribution is 5.75. The van der Waals surface area contributed by atoms with Crippen molar-refractivity contribution in [3.05, 3.63) is 41.7 Å². The summed E-state index contributed by atoms with van der Waals surface area (Å²) in [6, 6.07) is 4.30. The van der Waals surface area contributed by atoms with E-state index in [1.54, 1.807) is 0 Å². The predicted octanol–water partition coefficient (Wildman–Crippen LogP) is 3.64. The zero-order valence-corrected chi connectivity index (χ0v) is 20.9. The van der Waals surface area contributed by atoms with Crippen molar-refractivity contribution in [1.29, 1.82) is 0 Å². The number of anilines is 1. The van der Waals surface area contributed by atoms with Gasteiger partial charge in [-0.05, 0) is 57.6 Å². The number of ether oxygens (including phenoxy) is 2. The largest absolute Gasteiger partial charge is 0.393 e. The molecule has 1 unspecified atom stereocenters. The van der Waals surface area contributed by atoms with Crippen LogP contribution in [0.3, 0.4) is 0 Å². The minimum atomic E-state index is -0.248. The van der Waals surface area contributed by atoms with Crippen molar-refractivity contribution in [2.24, 2.45) is 5.92 Å². The molecule has 0 aromatic carbocycles. The Morgan fingerprint density at radius 3 is 2.83 bits per heavy atom. The van der Waals surface area contributed by atoms with Crippen molar-refractivity contribution in [2.45, 2.75) is 77.9 Å². The van der Waals surface area contributed by atoms with E-state index in [4.69, 9.17) is 19.4 Å². The molecule has 0 amide bonds. The number of hydrogen-bond donors (Lipinski definition) is 1. The molecule has 35 heavy (non-hydrogen) atoms. The van der Waals surface area contributed by atoms with Crippen LogP contribution >= 0.6 is 0 Å². The number of fused-ring (bicyclic) bond motifs is 1. The van der Waals surface area contributed by atoms with E-state index in [0.717, 1.165) is 79.6 Å². The highest BCUT2D eigenvalue weighted by Gasteiger charge is 2.26. The highest BCUT2D eigenvalue weighted by Crippen LogP contribution is 2.25. The smallest absolute Gasteiger partial charge is 0.225 e. The molecule has 9 nitrogen and oxygen atoms in total. The third-order valence-corrected chi connectivity index (χ3v) is 6.96. The monoisotopic (exact) mass is 480 g/mol. The topological polar surface area (TPSA) is 98.4 Å². The lowest BCUT2D eigenvalue weighted by Crippen LogP contribution is -2.42. The first-order chi connectivity index (χ1) is 17.0. The van der Waals surface area contributed by atoms with E-state index in [2.05, 4.69) is 46.3 Å². The second kappa shape index (κ2) is 10.6. The Morgan fingerprint density at radius 1 is 1.17 bits per heavy atom. The van der Waals surface area contributed by atoms with Gasteiger partial charge in [-0.1, -0.05) is 6.92 Å². The van der Waals surface area contributed by atoms with E-state index in [-0.39, 0.29) is 24.4 Å². The maximum Gasteiger partial charge on any atom is 0.225 e. The van der Waals surface area contributed by atoms with Crippen LogP contribution in [0, 0.1) is 5.92 Å². The maximum atomic E-state index is 10.0. The molecule has 5 rings (SSSR count). The second-order valence-corrected chi connectivity index (χ2v) is 10.1. The van der Waals surface area contributed by atoms with Crippen molar-refractivity contribution < 1.29 is 14.6 Å². The fourth-order valence-electron chi connectivity index (χ4n) is 5.01. The molecule has 0 aliphatic carbocycles. The first-order valence-corrected chi connectivity index (χ1v) is 12.8. The van der Waals surface area contributed by atoms with Crippen LogP contribution in [0.1, 0.15) is 69.7 Å². The number of aliphatic hydroxyl groups is 1. The summed E-state index contributed by atoms with van der Waals surface area (Å²) in [7, 11) is 0. The number of aromatic nitrogens is 5. The van der Waals surface area contributed by atoms with Crippen molar-refractivity contribution in [3.8, 4) is 0 Å². The van der Waals surface area contributed by atoms with Gasteiger partial charge < -0.3 is 24.0 Å². The number of pyridine rings is 1. The lowest BCUT2D eigenvalue weighted by atomic mass is 9.97. The Hall–Kier alpha value is -2.62. The van der Waals surface area contributed by atoms with Crippen molar-refractivity contribution >= 4 is 17.0 Å². The van der Waals surface area contributed by atoms with Gasteiger partial charge in [-0.15, -0.1) is 0 Å². The van der Waals surface area contributed by atoms with Gasteiger partial charge in [0.1, 0.15) is 17.9 Å². The average molecular weight is 481 g/mol. The molecule has 2 fully saturated rings. The molecular formula is C26H36N6O3. The normalized spacial score (nSPS) is 23.3. The number of hydrogen-bond acceptors (Lipinski definition) is 8. The van der Waals surface area contributed by atoms with Crippen LogP contribution < -0.4 is 4.90 Å². The molecule has 3 aromatic rings. The van der Waals surface area contributed by atoms with Crippen molar-refractivity contribution in [3.63, 3.8) is 0 Å². The Kier molecular flexibility index (Phi) is 7.27. The SMILES string of the molecule is CC(C)n1c(COC2CCCCO2)nc2cnc(Cc3ccnc(N4CC[C@@H](O)[C@H](C)C4)n3)cc21. The van der Waals surface area contributed by atoms with Gasteiger partial charge in [-0.3, -0.25) is 4.98 Å². The average Bonchev–Trinajstić information content (AvgIpc) is 3.23. The predicted molar refractivity (Wildman–Crippen MR) is 133 cm³/mol. The third kappa shape index (κ3) is 5.47. The zero-order valence-electron chi connectivity index (χ0n) is 20.9. The molecule has 2 aliphatic heterocycles. The lowest BCUT2D eigenvalue weighted by Gasteiger charge is -2.34. The molecule has 0 radical (unpaired) electrons. The van der Waals surface area contributed by atoms with E-state index in [1.165, 1.54) is 0 Å². The van der Waals surface area contributed by atoms with Crippen LogP contribution in [0.25, 0.3) is 11.0 Å². The van der Waals surface area contributed by atoms with E-state index in [1.807, 2.05) is 18.5 Å². The van der Waals surface area contributed by atoms with Crippen molar-refractivity contribution in [2.75, 3.05) is 24.6 Å². The molecule has 1 N–H and O–H groups in total. The van der Waals surface area contributed by atoms with Crippen LogP contribution in [0.15, 0.2) is 24.5 Å². The first-order valence-electron chi connectivity index (χ1n) is 12.8. The fourth-order valence-corrected chi connectivity index (χ4v) is 5.01. The molecule has 5 heterocycles. The van der Waals surface area contributed by atoms with Crippen LogP contribution in [0.2, 0.25) is 0 Å². The summed E-state index contributed by atoms with van der Waals surface area (Å²) in [6.45, 7) is 9.11. The summed E-state index contributed by atoms with van der Waals surface area (Å²) in [6.07, 6.45) is 7.80. The standard InChI is InChI=1S/C26H36N6O3/c1-17(2)32-22-13-20(28-14-21(22)30-24(32)16-35-25-6-4-5-11-34-25)12-19-7-9-27-26(29-19)31-10-8-23(33)18(3)15-31/h7,9,13-14,17-18,23,25,33H,4-6,8,10-12,15-16H2,1-3H3/t18-,23-,25?/m1/s1. The van der Waals surface area contributed by atoms with E-state index >= 15 is 0 Å². The maximum absolute atomic E-state index is 10.0. The minimum absolute atomic E-state index is 0.143. The number of piperidine rings is 1.